The Balaban J connectivity index is 1.61. The van der Waals surface area contributed by atoms with Crippen molar-refractivity contribution in [3.8, 4) is 11.5 Å². The number of fused-ring (bicyclic) bond motifs is 1. The van der Waals surface area contributed by atoms with Crippen LogP contribution < -0.4 is 14.8 Å². The molecule has 1 aliphatic heterocycles. The molecule has 3 rings (SSSR count). The molecule has 0 radical (unpaired) electrons. The summed E-state index contributed by atoms with van der Waals surface area (Å²) in [7, 11) is 3.07. The molecule has 0 aromatic heterocycles. The number of carbonyl (C=O) groups excluding carboxylic acids is 2. The highest BCUT2D eigenvalue weighted by Gasteiger charge is 2.24. The molecule has 0 atom stereocenters. The molecule has 1 N–H and O–H groups in total. The predicted molar refractivity (Wildman–Crippen MR) is 93.5 cm³/mol. The van der Waals surface area contributed by atoms with Crippen molar-refractivity contribution in [1.82, 2.24) is 4.90 Å². The Hall–Kier alpha value is -3.02. The molecule has 2 aromatic carbocycles. The molecule has 1 heterocycles. The van der Waals surface area contributed by atoms with Gasteiger partial charge in [0.15, 0.2) is 0 Å². The van der Waals surface area contributed by atoms with Gasteiger partial charge < -0.3 is 19.7 Å². The van der Waals surface area contributed by atoms with Gasteiger partial charge in [0.25, 0.3) is 0 Å². The normalized spacial score (nSPS) is 12.5. The van der Waals surface area contributed by atoms with Gasteiger partial charge in [-0.1, -0.05) is 24.3 Å². The summed E-state index contributed by atoms with van der Waals surface area (Å²) in [6.45, 7) is 1.10. The van der Waals surface area contributed by atoms with Crippen LogP contribution in [0.3, 0.4) is 0 Å². The number of hydrogen-bond acceptors (Lipinski definition) is 4. The molecule has 0 bridgehead atoms. The lowest BCUT2D eigenvalue weighted by molar-refractivity contribution is -0.135. The van der Waals surface area contributed by atoms with Gasteiger partial charge in [0.2, 0.25) is 11.8 Å². The molecule has 0 saturated carbocycles. The summed E-state index contributed by atoms with van der Waals surface area (Å²) < 4.78 is 10.4. The summed E-state index contributed by atoms with van der Waals surface area (Å²) in [6, 6.07) is 13.0. The van der Waals surface area contributed by atoms with Gasteiger partial charge >= 0.3 is 0 Å². The van der Waals surface area contributed by atoms with Crippen molar-refractivity contribution in [2.75, 3.05) is 19.5 Å². The van der Waals surface area contributed by atoms with E-state index in [4.69, 9.17) is 9.47 Å². The standard InChI is InChI=1S/C19H20N2O4/c1-24-15-7-8-16(17(9-15)25-2)20-18(22)10-19(23)21-11-13-5-3-4-6-14(13)12-21/h3-9H,10-12H2,1-2H3,(H,20,22). The van der Waals surface area contributed by atoms with Gasteiger partial charge in [0.05, 0.1) is 19.9 Å². The minimum Gasteiger partial charge on any atom is -0.497 e. The number of anilines is 1. The average molecular weight is 340 g/mol. The molecule has 0 saturated heterocycles. The monoisotopic (exact) mass is 340 g/mol. The summed E-state index contributed by atoms with van der Waals surface area (Å²) in [5.41, 5.74) is 2.77. The molecular weight excluding hydrogens is 320 g/mol. The Bertz CT molecular complexity index is 779. The molecule has 6 heteroatoms. The summed E-state index contributed by atoms with van der Waals surface area (Å²) >= 11 is 0. The van der Waals surface area contributed by atoms with Gasteiger partial charge in [0, 0.05) is 19.2 Å². The summed E-state index contributed by atoms with van der Waals surface area (Å²) in [5, 5.41) is 2.72. The molecule has 6 nitrogen and oxygen atoms in total. The fraction of sp³-hybridized carbons (Fsp3) is 0.263. The molecule has 25 heavy (non-hydrogen) atoms. The molecule has 1 aliphatic rings. The quantitative estimate of drug-likeness (QED) is 0.850. The van der Waals surface area contributed by atoms with E-state index in [9.17, 15) is 9.59 Å². The van der Waals surface area contributed by atoms with E-state index in [1.54, 1.807) is 30.2 Å². The smallest absolute Gasteiger partial charge is 0.233 e. The Morgan fingerprint density at radius 3 is 2.32 bits per heavy atom. The maximum Gasteiger partial charge on any atom is 0.233 e. The van der Waals surface area contributed by atoms with Crippen molar-refractivity contribution in [1.29, 1.82) is 0 Å². The molecule has 2 aromatic rings. The van der Waals surface area contributed by atoms with E-state index in [1.807, 2.05) is 24.3 Å². The molecule has 0 fully saturated rings. The number of nitrogens with zero attached hydrogens (tertiary/aromatic N) is 1. The molecule has 0 aliphatic carbocycles. The van der Waals surface area contributed by atoms with E-state index in [1.165, 1.54) is 7.11 Å². The van der Waals surface area contributed by atoms with E-state index in [-0.39, 0.29) is 18.2 Å². The fourth-order valence-electron chi connectivity index (χ4n) is 2.85. The molecule has 2 amide bonds. The lowest BCUT2D eigenvalue weighted by atomic mass is 10.1. The molecule has 0 spiro atoms. The second-order valence-corrected chi connectivity index (χ2v) is 5.81. The Morgan fingerprint density at radius 1 is 1.04 bits per heavy atom. The first kappa shape index (κ1) is 16.8. The summed E-state index contributed by atoms with van der Waals surface area (Å²) in [4.78, 5) is 26.3. The van der Waals surface area contributed by atoms with Crippen LogP contribution in [-0.4, -0.2) is 30.9 Å². The number of benzene rings is 2. The summed E-state index contributed by atoms with van der Waals surface area (Å²) in [6.07, 6.45) is -0.205. The lowest BCUT2D eigenvalue weighted by Crippen LogP contribution is -2.29. The second-order valence-electron chi connectivity index (χ2n) is 5.81. The van der Waals surface area contributed by atoms with Gasteiger partial charge in [-0.05, 0) is 23.3 Å². The largest absolute Gasteiger partial charge is 0.497 e. The SMILES string of the molecule is COc1ccc(NC(=O)CC(=O)N2Cc3ccccc3C2)c(OC)c1. The second kappa shape index (κ2) is 7.25. The van der Waals surface area contributed by atoms with Crippen LogP contribution in [0.25, 0.3) is 0 Å². The molecule has 0 unspecified atom stereocenters. The maximum absolute atomic E-state index is 12.4. The minimum atomic E-state index is -0.371. The first-order valence-corrected chi connectivity index (χ1v) is 7.97. The van der Waals surface area contributed by atoms with E-state index in [2.05, 4.69) is 5.32 Å². The zero-order valence-electron chi connectivity index (χ0n) is 14.2. The molecular formula is C19H20N2O4. The number of nitrogens with one attached hydrogen (secondary N) is 1. The van der Waals surface area contributed by atoms with Crippen LogP contribution in [0.15, 0.2) is 42.5 Å². The highest BCUT2D eigenvalue weighted by Crippen LogP contribution is 2.29. The third-order valence-electron chi connectivity index (χ3n) is 4.19. The first-order chi connectivity index (χ1) is 12.1. The number of amides is 2. The topological polar surface area (TPSA) is 67.9 Å². The highest BCUT2D eigenvalue weighted by atomic mass is 16.5. The number of methoxy groups -OCH3 is 2. The molecule has 130 valence electrons. The van der Waals surface area contributed by atoms with Crippen LogP contribution in [0, 0.1) is 0 Å². The summed E-state index contributed by atoms with van der Waals surface area (Å²) in [5.74, 6) is 0.542. The van der Waals surface area contributed by atoms with E-state index in [0.717, 1.165) is 11.1 Å². The Labute approximate surface area is 146 Å². The number of carbonyl (C=O) groups is 2. The van der Waals surface area contributed by atoms with Crippen LogP contribution in [0.1, 0.15) is 17.5 Å². The fourth-order valence-corrected chi connectivity index (χ4v) is 2.85. The van der Waals surface area contributed by atoms with E-state index < -0.39 is 0 Å². The lowest BCUT2D eigenvalue weighted by Gasteiger charge is -2.16. The van der Waals surface area contributed by atoms with Crippen molar-refractivity contribution in [3.63, 3.8) is 0 Å². The van der Waals surface area contributed by atoms with Gasteiger partial charge in [-0.3, -0.25) is 9.59 Å². The van der Waals surface area contributed by atoms with Gasteiger partial charge in [0.1, 0.15) is 17.9 Å². The Kier molecular flexibility index (Phi) is 4.88. The number of ether oxygens (including phenoxy) is 2. The first-order valence-electron chi connectivity index (χ1n) is 7.97. The van der Waals surface area contributed by atoms with Crippen molar-refractivity contribution in [2.45, 2.75) is 19.5 Å². The van der Waals surface area contributed by atoms with Crippen LogP contribution in [0.5, 0.6) is 11.5 Å². The highest BCUT2D eigenvalue weighted by molar-refractivity contribution is 6.04. The number of rotatable bonds is 5. The van der Waals surface area contributed by atoms with Gasteiger partial charge in [-0.15, -0.1) is 0 Å². The maximum atomic E-state index is 12.4. The zero-order valence-corrected chi connectivity index (χ0v) is 14.2. The zero-order chi connectivity index (χ0) is 17.8. The van der Waals surface area contributed by atoms with Crippen LogP contribution in [0.4, 0.5) is 5.69 Å². The predicted octanol–water partition coefficient (Wildman–Crippen LogP) is 2.57. The van der Waals surface area contributed by atoms with Crippen molar-refractivity contribution in [2.24, 2.45) is 0 Å². The van der Waals surface area contributed by atoms with Crippen LogP contribution in [-0.2, 0) is 22.7 Å². The third-order valence-corrected chi connectivity index (χ3v) is 4.19. The van der Waals surface area contributed by atoms with Crippen molar-refractivity contribution < 1.29 is 19.1 Å². The van der Waals surface area contributed by atoms with Crippen molar-refractivity contribution >= 4 is 17.5 Å². The average Bonchev–Trinajstić information content (AvgIpc) is 3.06. The third kappa shape index (κ3) is 3.74. The number of hydrogen-bond donors (Lipinski definition) is 1. The van der Waals surface area contributed by atoms with Crippen LogP contribution in [0.2, 0.25) is 0 Å². The van der Waals surface area contributed by atoms with Gasteiger partial charge in [-0.2, -0.15) is 0 Å². The van der Waals surface area contributed by atoms with Crippen LogP contribution >= 0.6 is 0 Å². The van der Waals surface area contributed by atoms with Gasteiger partial charge in [-0.25, -0.2) is 0 Å². The van der Waals surface area contributed by atoms with Crippen molar-refractivity contribution in [3.05, 3.63) is 53.6 Å². The Morgan fingerprint density at radius 2 is 1.72 bits per heavy atom. The van der Waals surface area contributed by atoms with E-state index >= 15 is 0 Å². The van der Waals surface area contributed by atoms with E-state index in [0.29, 0.717) is 30.3 Å². The minimum absolute atomic E-state index is 0.193.